The molecule has 0 fully saturated rings. The van der Waals surface area contributed by atoms with Gasteiger partial charge in [0.15, 0.2) is 5.75 Å². The van der Waals surface area contributed by atoms with E-state index in [0.29, 0.717) is 11.1 Å². The van der Waals surface area contributed by atoms with Gasteiger partial charge < -0.3 is 10.4 Å². The van der Waals surface area contributed by atoms with E-state index < -0.39 is 0 Å². The fourth-order valence-electron chi connectivity index (χ4n) is 2.14. The molecule has 6 heteroatoms. The molecule has 2 aromatic carbocycles. The summed E-state index contributed by atoms with van der Waals surface area (Å²) in [6, 6.07) is 8.66. The average Bonchev–Trinajstić information content (AvgIpc) is 2.72. The number of benzene rings is 2. The van der Waals surface area contributed by atoms with Crippen LogP contribution < -0.4 is 5.32 Å². The van der Waals surface area contributed by atoms with E-state index in [-0.39, 0.29) is 21.7 Å². The summed E-state index contributed by atoms with van der Waals surface area (Å²) in [5, 5.41) is 12.6. The molecule has 2 N–H and O–H groups in total. The molecule has 1 heterocycles. The minimum absolute atomic E-state index is 0.141. The second kappa shape index (κ2) is 5.37. The number of phenolic OH excluding ortho intramolecular Hbond substituents is 1. The summed E-state index contributed by atoms with van der Waals surface area (Å²) in [6.07, 6.45) is 1.69. The fourth-order valence-corrected chi connectivity index (χ4v) is 3.00. The summed E-state index contributed by atoms with van der Waals surface area (Å²) in [7, 11) is 0. The zero-order valence-electron chi connectivity index (χ0n) is 10.5. The zero-order valence-corrected chi connectivity index (χ0v) is 13.6. The van der Waals surface area contributed by atoms with Gasteiger partial charge in [0.1, 0.15) is 0 Å². The maximum absolute atomic E-state index is 12.1. The van der Waals surface area contributed by atoms with Crippen LogP contribution in [0.4, 0.5) is 5.69 Å². The summed E-state index contributed by atoms with van der Waals surface area (Å²) in [5.74, 6) is -0.358. The minimum Gasteiger partial charge on any atom is -0.505 e. The summed E-state index contributed by atoms with van der Waals surface area (Å²) >= 11 is 15.2. The number of fused-ring (bicyclic) bond motifs is 1. The normalized spacial score (nSPS) is 15.2. The Morgan fingerprint density at radius 3 is 2.48 bits per heavy atom. The molecule has 0 unspecified atom stereocenters. The van der Waals surface area contributed by atoms with Crippen LogP contribution >= 0.6 is 39.1 Å². The number of aromatic hydroxyl groups is 1. The van der Waals surface area contributed by atoms with Gasteiger partial charge in [0, 0.05) is 21.3 Å². The van der Waals surface area contributed by atoms with Crippen LogP contribution in [0.15, 0.2) is 34.8 Å². The molecule has 0 aromatic heterocycles. The van der Waals surface area contributed by atoms with Gasteiger partial charge in [0.2, 0.25) is 0 Å². The molecule has 3 nitrogen and oxygen atoms in total. The highest BCUT2D eigenvalue weighted by Crippen LogP contribution is 2.37. The SMILES string of the molecule is O=C1Nc2ccc(Br)cc2/C1=C/c1cc(Cl)c(O)c(Cl)c1. The van der Waals surface area contributed by atoms with E-state index in [9.17, 15) is 9.90 Å². The molecule has 0 saturated heterocycles. The van der Waals surface area contributed by atoms with E-state index in [1.54, 1.807) is 18.2 Å². The van der Waals surface area contributed by atoms with E-state index in [0.717, 1.165) is 15.7 Å². The predicted molar refractivity (Wildman–Crippen MR) is 88.8 cm³/mol. The van der Waals surface area contributed by atoms with Crippen molar-refractivity contribution in [2.24, 2.45) is 0 Å². The third kappa shape index (κ3) is 2.67. The molecule has 21 heavy (non-hydrogen) atoms. The highest BCUT2D eigenvalue weighted by atomic mass is 79.9. The Kier molecular flexibility index (Phi) is 3.69. The van der Waals surface area contributed by atoms with Crippen molar-refractivity contribution in [2.75, 3.05) is 5.32 Å². The molecule has 0 atom stereocenters. The Bertz CT molecular complexity index is 779. The highest BCUT2D eigenvalue weighted by molar-refractivity contribution is 9.10. The van der Waals surface area contributed by atoms with E-state index in [4.69, 9.17) is 23.2 Å². The first-order valence-electron chi connectivity index (χ1n) is 5.96. The van der Waals surface area contributed by atoms with Crippen LogP contribution in [0, 0.1) is 0 Å². The Hall–Kier alpha value is -1.49. The quantitative estimate of drug-likeness (QED) is 0.683. The number of amides is 1. The fraction of sp³-hybridized carbons (Fsp3) is 0. The molecule has 1 aliphatic rings. The molecule has 0 bridgehead atoms. The standard InChI is InChI=1S/C15H8BrCl2NO2/c16-8-1-2-13-9(6-8)10(15(21)19-13)3-7-4-11(17)14(20)12(18)5-7/h1-6,20H,(H,19,21)/b10-3-. The van der Waals surface area contributed by atoms with E-state index in [1.165, 1.54) is 0 Å². The Balaban J connectivity index is 2.13. The molecule has 0 saturated carbocycles. The van der Waals surface area contributed by atoms with Gasteiger partial charge in [-0.05, 0) is 42.0 Å². The molecule has 1 amide bonds. The lowest BCUT2D eigenvalue weighted by Crippen LogP contribution is -2.03. The minimum atomic E-state index is -0.191. The monoisotopic (exact) mass is 383 g/mol. The molecule has 0 radical (unpaired) electrons. The highest BCUT2D eigenvalue weighted by Gasteiger charge is 2.24. The molecule has 0 aliphatic carbocycles. The maximum atomic E-state index is 12.1. The van der Waals surface area contributed by atoms with Gasteiger partial charge in [-0.25, -0.2) is 0 Å². The number of phenols is 1. The first kappa shape index (κ1) is 14.4. The van der Waals surface area contributed by atoms with E-state index in [1.807, 2.05) is 18.2 Å². The van der Waals surface area contributed by atoms with Crippen molar-refractivity contribution < 1.29 is 9.90 Å². The van der Waals surface area contributed by atoms with Crippen molar-refractivity contribution in [3.05, 3.63) is 56.0 Å². The molecular weight excluding hydrogens is 377 g/mol. The second-order valence-corrected chi connectivity index (χ2v) is 6.27. The summed E-state index contributed by atoms with van der Waals surface area (Å²) < 4.78 is 0.880. The van der Waals surface area contributed by atoms with Crippen LogP contribution in [0.5, 0.6) is 5.75 Å². The number of hydrogen-bond donors (Lipinski definition) is 2. The maximum Gasteiger partial charge on any atom is 0.256 e. The van der Waals surface area contributed by atoms with Gasteiger partial charge in [-0.1, -0.05) is 39.1 Å². The largest absolute Gasteiger partial charge is 0.505 e. The van der Waals surface area contributed by atoms with Crippen molar-refractivity contribution in [1.29, 1.82) is 0 Å². The van der Waals surface area contributed by atoms with Crippen molar-refractivity contribution in [3.63, 3.8) is 0 Å². The van der Waals surface area contributed by atoms with Gasteiger partial charge in [-0.15, -0.1) is 0 Å². The molecule has 1 aliphatic heterocycles. The van der Waals surface area contributed by atoms with Gasteiger partial charge in [-0.3, -0.25) is 4.79 Å². The molecule has 3 rings (SSSR count). The van der Waals surface area contributed by atoms with Crippen molar-refractivity contribution in [2.45, 2.75) is 0 Å². The van der Waals surface area contributed by atoms with Crippen molar-refractivity contribution in [3.8, 4) is 5.75 Å². The number of carbonyl (C=O) groups is 1. The molecule has 106 valence electrons. The van der Waals surface area contributed by atoms with Crippen LogP contribution in [-0.4, -0.2) is 11.0 Å². The average molecular weight is 385 g/mol. The van der Waals surface area contributed by atoms with Crippen LogP contribution in [-0.2, 0) is 4.79 Å². The number of rotatable bonds is 1. The molecule has 2 aromatic rings. The molecule has 0 spiro atoms. The lowest BCUT2D eigenvalue weighted by Gasteiger charge is -2.03. The summed E-state index contributed by atoms with van der Waals surface area (Å²) in [5.41, 5.74) is 2.71. The van der Waals surface area contributed by atoms with Crippen LogP contribution in [0.1, 0.15) is 11.1 Å². The lowest BCUT2D eigenvalue weighted by atomic mass is 10.0. The second-order valence-electron chi connectivity index (χ2n) is 4.54. The van der Waals surface area contributed by atoms with Gasteiger partial charge >= 0.3 is 0 Å². The van der Waals surface area contributed by atoms with Gasteiger partial charge in [0.25, 0.3) is 5.91 Å². The van der Waals surface area contributed by atoms with Crippen LogP contribution in [0.2, 0.25) is 10.0 Å². The number of halogens is 3. The topological polar surface area (TPSA) is 49.3 Å². The molecular formula is C15H8BrCl2NO2. The number of hydrogen-bond acceptors (Lipinski definition) is 2. The summed E-state index contributed by atoms with van der Waals surface area (Å²) in [6.45, 7) is 0. The zero-order chi connectivity index (χ0) is 15.1. The lowest BCUT2D eigenvalue weighted by molar-refractivity contribution is -0.110. The first-order valence-corrected chi connectivity index (χ1v) is 7.51. The third-order valence-corrected chi connectivity index (χ3v) is 4.18. The van der Waals surface area contributed by atoms with Crippen LogP contribution in [0.3, 0.4) is 0 Å². The predicted octanol–water partition coefficient (Wildman–Crippen LogP) is 4.95. The number of anilines is 1. The van der Waals surface area contributed by atoms with Gasteiger partial charge in [-0.2, -0.15) is 0 Å². The smallest absolute Gasteiger partial charge is 0.256 e. The first-order chi connectivity index (χ1) is 9.95. The number of nitrogens with one attached hydrogen (secondary N) is 1. The van der Waals surface area contributed by atoms with Crippen molar-refractivity contribution in [1.82, 2.24) is 0 Å². The Morgan fingerprint density at radius 2 is 1.81 bits per heavy atom. The van der Waals surface area contributed by atoms with Crippen LogP contribution in [0.25, 0.3) is 11.6 Å². The summed E-state index contributed by atoms with van der Waals surface area (Å²) in [4.78, 5) is 12.1. The van der Waals surface area contributed by atoms with Gasteiger partial charge in [0.05, 0.1) is 10.0 Å². The third-order valence-electron chi connectivity index (χ3n) is 3.11. The van der Waals surface area contributed by atoms with E-state index >= 15 is 0 Å². The number of carbonyl (C=O) groups excluding carboxylic acids is 1. The van der Waals surface area contributed by atoms with Crippen molar-refractivity contribution >= 4 is 62.4 Å². The van der Waals surface area contributed by atoms with E-state index in [2.05, 4.69) is 21.2 Å². The Labute approximate surface area is 139 Å². The Morgan fingerprint density at radius 1 is 1.14 bits per heavy atom.